The average Bonchev–Trinajstić information content (AvgIpc) is 2.93. The molecular weight excluding hydrogens is 310 g/mol. The van der Waals surface area contributed by atoms with Crippen molar-refractivity contribution in [1.82, 2.24) is 10.1 Å². The number of nitrogens with two attached hydrogens (primary N) is 1. The van der Waals surface area contributed by atoms with E-state index >= 15 is 0 Å². The third kappa shape index (κ3) is 3.28. The maximum absolute atomic E-state index is 11.3. The predicted molar refractivity (Wildman–Crippen MR) is 88.1 cm³/mol. The molecule has 0 bridgehead atoms. The van der Waals surface area contributed by atoms with E-state index in [-0.39, 0.29) is 11.8 Å². The lowest BCUT2D eigenvalue weighted by molar-refractivity contribution is -0.115. The van der Waals surface area contributed by atoms with Crippen LogP contribution in [0.25, 0.3) is 11.5 Å². The Morgan fingerprint density at radius 2 is 1.71 bits per heavy atom. The Morgan fingerprint density at radius 1 is 1.12 bits per heavy atom. The molecule has 0 atom stereocenters. The molecule has 3 rings (SSSR count). The number of carbonyl (C=O) groups is 2. The maximum atomic E-state index is 11.3. The highest BCUT2D eigenvalue weighted by atomic mass is 16.5. The van der Waals surface area contributed by atoms with Crippen molar-refractivity contribution in [3.63, 3.8) is 0 Å². The van der Waals surface area contributed by atoms with Crippen LogP contribution in [0.3, 0.4) is 0 Å². The summed E-state index contributed by atoms with van der Waals surface area (Å²) in [5, 5.41) is 9.35. The number of hydrogen-bond donors (Lipinski definition) is 3. The van der Waals surface area contributed by atoms with Gasteiger partial charge in [-0.1, -0.05) is 5.16 Å². The van der Waals surface area contributed by atoms with Gasteiger partial charge in [0.15, 0.2) is 5.82 Å². The Kier molecular flexibility index (Phi) is 4.06. The van der Waals surface area contributed by atoms with Crippen LogP contribution in [0, 0.1) is 0 Å². The van der Waals surface area contributed by atoms with Gasteiger partial charge in [-0.05, 0) is 37.5 Å². The van der Waals surface area contributed by atoms with E-state index in [0.717, 1.165) is 19.3 Å². The van der Waals surface area contributed by atoms with E-state index in [9.17, 15) is 9.59 Å². The monoisotopic (exact) mass is 329 g/mol. The fraction of sp³-hybridized carbons (Fsp3) is 0.375. The molecule has 1 aromatic carbocycles. The highest BCUT2D eigenvalue weighted by molar-refractivity contribution is 5.93. The van der Waals surface area contributed by atoms with Gasteiger partial charge < -0.3 is 20.9 Å². The number of amides is 2. The van der Waals surface area contributed by atoms with E-state index in [0.29, 0.717) is 28.7 Å². The molecule has 1 heterocycles. The smallest absolute Gasteiger partial charge is 0.258 e. The molecular formula is C16H19N5O3. The number of anilines is 2. The van der Waals surface area contributed by atoms with E-state index in [1.54, 1.807) is 18.2 Å². The van der Waals surface area contributed by atoms with E-state index < -0.39 is 5.54 Å². The van der Waals surface area contributed by atoms with Crippen molar-refractivity contribution < 1.29 is 14.1 Å². The van der Waals surface area contributed by atoms with E-state index in [2.05, 4.69) is 20.8 Å². The van der Waals surface area contributed by atoms with Crippen LogP contribution in [-0.2, 0) is 15.1 Å². The summed E-state index contributed by atoms with van der Waals surface area (Å²) in [4.78, 5) is 27.0. The van der Waals surface area contributed by atoms with Crippen LogP contribution in [0.5, 0.6) is 0 Å². The Bertz CT molecular complexity index is 761. The molecule has 126 valence electrons. The fourth-order valence-corrected chi connectivity index (χ4v) is 2.63. The van der Waals surface area contributed by atoms with Crippen molar-refractivity contribution >= 4 is 23.2 Å². The number of hydrogen-bond acceptors (Lipinski definition) is 6. The van der Waals surface area contributed by atoms with Crippen LogP contribution in [0.1, 0.15) is 38.9 Å². The normalized spacial score (nSPS) is 15.5. The second kappa shape index (κ2) is 6.04. The standard InChI is InChI=1S/C16H19N5O3/c1-9(22)18-12-6-11(7-13(8-12)19-10(2)23)14-20-15(21-24-14)16(17)4-3-5-16/h6-8H,3-5,17H2,1-2H3,(H,18,22)(H,19,23). The summed E-state index contributed by atoms with van der Waals surface area (Å²) >= 11 is 0. The molecule has 0 radical (unpaired) electrons. The third-order valence-electron chi connectivity index (χ3n) is 3.94. The van der Waals surface area contributed by atoms with Gasteiger partial charge in [0.2, 0.25) is 11.8 Å². The minimum atomic E-state index is -0.516. The summed E-state index contributed by atoms with van der Waals surface area (Å²) in [7, 11) is 0. The number of aromatic nitrogens is 2. The summed E-state index contributed by atoms with van der Waals surface area (Å²) in [6, 6.07) is 5.06. The van der Waals surface area contributed by atoms with E-state index in [1.165, 1.54) is 13.8 Å². The van der Waals surface area contributed by atoms with Gasteiger partial charge in [0.05, 0.1) is 5.54 Å². The second-order valence-electron chi connectivity index (χ2n) is 6.09. The largest absolute Gasteiger partial charge is 0.334 e. The molecule has 1 aliphatic carbocycles. The zero-order valence-electron chi connectivity index (χ0n) is 13.5. The first kappa shape index (κ1) is 16.1. The van der Waals surface area contributed by atoms with Crippen LogP contribution in [0.4, 0.5) is 11.4 Å². The van der Waals surface area contributed by atoms with Crippen molar-refractivity contribution in [1.29, 1.82) is 0 Å². The lowest BCUT2D eigenvalue weighted by Gasteiger charge is -2.34. The van der Waals surface area contributed by atoms with Gasteiger partial charge in [0.25, 0.3) is 5.89 Å². The molecule has 0 aliphatic heterocycles. The molecule has 8 heteroatoms. The van der Waals surface area contributed by atoms with Gasteiger partial charge in [-0.15, -0.1) is 0 Å². The van der Waals surface area contributed by atoms with E-state index in [4.69, 9.17) is 10.3 Å². The molecule has 0 unspecified atom stereocenters. The molecule has 24 heavy (non-hydrogen) atoms. The average molecular weight is 329 g/mol. The van der Waals surface area contributed by atoms with Crippen molar-refractivity contribution in [2.75, 3.05) is 10.6 Å². The third-order valence-corrected chi connectivity index (χ3v) is 3.94. The molecule has 4 N–H and O–H groups in total. The minimum absolute atomic E-state index is 0.220. The van der Waals surface area contributed by atoms with Gasteiger partial charge in [-0.25, -0.2) is 0 Å². The van der Waals surface area contributed by atoms with Gasteiger partial charge in [0.1, 0.15) is 0 Å². The van der Waals surface area contributed by atoms with Gasteiger partial charge >= 0.3 is 0 Å². The zero-order chi connectivity index (χ0) is 17.3. The topological polar surface area (TPSA) is 123 Å². The van der Waals surface area contributed by atoms with Crippen LogP contribution < -0.4 is 16.4 Å². The second-order valence-corrected chi connectivity index (χ2v) is 6.09. The number of nitrogens with one attached hydrogen (secondary N) is 2. The van der Waals surface area contributed by atoms with Crippen molar-refractivity contribution in [3.05, 3.63) is 24.0 Å². The number of rotatable bonds is 4. The minimum Gasteiger partial charge on any atom is -0.334 e. The van der Waals surface area contributed by atoms with Gasteiger partial charge in [-0.2, -0.15) is 4.98 Å². The van der Waals surface area contributed by atoms with Gasteiger partial charge in [-0.3, -0.25) is 9.59 Å². The lowest BCUT2D eigenvalue weighted by atomic mass is 9.77. The molecule has 1 aromatic heterocycles. The molecule has 8 nitrogen and oxygen atoms in total. The number of carbonyl (C=O) groups excluding carboxylic acids is 2. The zero-order valence-corrected chi connectivity index (χ0v) is 13.5. The molecule has 1 aliphatic rings. The summed E-state index contributed by atoms with van der Waals surface area (Å²) < 4.78 is 5.33. The van der Waals surface area contributed by atoms with Crippen LogP contribution in [-0.4, -0.2) is 22.0 Å². The summed E-state index contributed by atoms with van der Waals surface area (Å²) in [6.07, 6.45) is 2.70. The summed E-state index contributed by atoms with van der Waals surface area (Å²) in [5.41, 5.74) is 7.33. The van der Waals surface area contributed by atoms with Crippen molar-refractivity contribution in [3.8, 4) is 11.5 Å². The highest BCUT2D eigenvalue weighted by Crippen LogP contribution is 2.38. The Balaban J connectivity index is 1.96. The fourth-order valence-electron chi connectivity index (χ4n) is 2.63. The maximum Gasteiger partial charge on any atom is 0.258 e. The van der Waals surface area contributed by atoms with Crippen LogP contribution in [0.15, 0.2) is 22.7 Å². The Morgan fingerprint density at radius 3 is 2.17 bits per heavy atom. The Labute approximate surface area is 138 Å². The molecule has 1 saturated carbocycles. The first-order chi connectivity index (χ1) is 11.4. The highest BCUT2D eigenvalue weighted by Gasteiger charge is 2.39. The molecule has 2 aromatic rings. The van der Waals surface area contributed by atoms with Crippen molar-refractivity contribution in [2.24, 2.45) is 5.73 Å². The molecule has 1 fully saturated rings. The number of benzene rings is 1. The summed E-state index contributed by atoms with van der Waals surface area (Å²) in [6.45, 7) is 2.81. The van der Waals surface area contributed by atoms with Crippen LogP contribution >= 0.6 is 0 Å². The predicted octanol–water partition coefficient (Wildman–Crippen LogP) is 1.99. The molecule has 2 amide bonds. The first-order valence-corrected chi connectivity index (χ1v) is 7.69. The molecule has 0 saturated heterocycles. The van der Waals surface area contributed by atoms with Crippen molar-refractivity contribution in [2.45, 2.75) is 38.6 Å². The van der Waals surface area contributed by atoms with E-state index in [1.807, 2.05) is 0 Å². The number of nitrogens with zero attached hydrogens (tertiary/aromatic N) is 2. The van der Waals surface area contributed by atoms with Gasteiger partial charge in [0, 0.05) is 30.8 Å². The molecule has 0 spiro atoms. The quantitative estimate of drug-likeness (QED) is 0.788. The SMILES string of the molecule is CC(=O)Nc1cc(NC(C)=O)cc(-c2nc(C3(N)CCC3)no2)c1. The summed E-state index contributed by atoms with van der Waals surface area (Å²) in [5.74, 6) is 0.334. The Hall–Kier alpha value is -2.74. The lowest BCUT2D eigenvalue weighted by Crippen LogP contribution is -2.44. The van der Waals surface area contributed by atoms with Crippen LogP contribution in [0.2, 0.25) is 0 Å². The first-order valence-electron chi connectivity index (χ1n) is 7.69.